The van der Waals surface area contributed by atoms with Crippen molar-refractivity contribution in [1.82, 2.24) is 0 Å². The van der Waals surface area contributed by atoms with Gasteiger partial charge in [-0.2, -0.15) is 0 Å². The second-order valence-corrected chi connectivity index (χ2v) is 8.14. The normalized spacial score (nSPS) is 27.6. The van der Waals surface area contributed by atoms with Gasteiger partial charge in [0.05, 0.1) is 0 Å². The molecule has 1 aromatic rings. The molecule has 0 bridgehead atoms. The smallest absolute Gasteiger partial charge is 0.0119 e. The van der Waals surface area contributed by atoms with E-state index >= 15 is 0 Å². The lowest BCUT2D eigenvalue weighted by molar-refractivity contribution is 0.358. The Kier molecular flexibility index (Phi) is 6.57. The third-order valence-electron chi connectivity index (χ3n) is 6.45. The minimum absolute atomic E-state index is 0.757. The van der Waals surface area contributed by atoms with Gasteiger partial charge in [-0.3, -0.25) is 0 Å². The van der Waals surface area contributed by atoms with Crippen LogP contribution in [0.5, 0.6) is 0 Å². The van der Waals surface area contributed by atoms with E-state index in [1.165, 1.54) is 51.4 Å². The molecule has 0 heterocycles. The van der Waals surface area contributed by atoms with E-state index in [0.717, 1.165) is 23.7 Å². The van der Waals surface area contributed by atoms with Crippen LogP contribution >= 0.6 is 0 Å². The van der Waals surface area contributed by atoms with Gasteiger partial charge in [0, 0.05) is 0 Å². The summed E-state index contributed by atoms with van der Waals surface area (Å²) in [6.07, 6.45) is 20.0. The average Bonchev–Trinajstić information content (AvgIpc) is 3.00. The molecule has 0 radical (unpaired) electrons. The van der Waals surface area contributed by atoms with E-state index in [4.69, 9.17) is 0 Å². The zero-order valence-electron chi connectivity index (χ0n) is 16.5. The lowest BCUT2D eigenvalue weighted by atomic mass is 9.77. The highest BCUT2D eigenvalue weighted by atomic mass is 14.5. The molecule has 0 heteroatoms. The summed E-state index contributed by atoms with van der Waals surface area (Å²) in [5.41, 5.74) is 5.02. The molecule has 25 heavy (non-hydrogen) atoms. The van der Waals surface area contributed by atoms with E-state index in [2.05, 4.69) is 63.3 Å². The van der Waals surface area contributed by atoms with E-state index in [9.17, 15) is 0 Å². The lowest BCUT2D eigenvalue weighted by Gasteiger charge is -2.27. The number of rotatable bonds is 8. The third-order valence-corrected chi connectivity index (χ3v) is 6.45. The van der Waals surface area contributed by atoms with Crippen LogP contribution in [-0.2, 0) is 12.8 Å². The van der Waals surface area contributed by atoms with Gasteiger partial charge in [-0.1, -0.05) is 89.0 Å². The molecule has 4 unspecified atom stereocenters. The molecule has 1 fully saturated rings. The number of hydrogen-bond acceptors (Lipinski definition) is 0. The number of hydrogen-bond donors (Lipinski definition) is 0. The highest BCUT2D eigenvalue weighted by molar-refractivity contribution is 5.40. The van der Waals surface area contributed by atoms with Crippen LogP contribution in [0, 0.1) is 17.8 Å². The average molecular weight is 337 g/mol. The standard InChI is InChI=1S/C25H36/c1-4-7-15-23-22-16-9-8-13-20(22)18-25(23)24-17-10-14-19(11-5-2)21(24)12-6-3/h8-10,13-14,16-17,20,22-23,25H,4-7,11-12,15,18H2,1-3H3. The van der Waals surface area contributed by atoms with Crippen LogP contribution in [0.4, 0.5) is 0 Å². The van der Waals surface area contributed by atoms with Gasteiger partial charge in [0.15, 0.2) is 0 Å². The molecule has 0 aliphatic heterocycles. The predicted molar refractivity (Wildman–Crippen MR) is 110 cm³/mol. The SMILES string of the molecule is CCCCC1C(c2cccc(CCC)c2CCC)CC2C=CC=CC21. The van der Waals surface area contributed by atoms with Crippen LogP contribution in [-0.4, -0.2) is 0 Å². The topological polar surface area (TPSA) is 0 Å². The van der Waals surface area contributed by atoms with Crippen molar-refractivity contribution in [2.45, 2.75) is 78.1 Å². The molecule has 0 aromatic heterocycles. The molecule has 0 saturated heterocycles. The number of benzene rings is 1. The largest absolute Gasteiger partial charge is 0.0808 e. The summed E-state index contributed by atoms with van der Waals surface area (Å²) in [6, 6.07) is 7.20. The minimum atomic E-state index is 0.757. The molecule has 0 nitrogen and oxygen atoms in total. The highest BCUT2D eigenvalue weighted by Crippen LogP contribution is 2.52. The number of aryl methyl sites for hydroxylation is 1. The van der Waals surface area contributed by atoms with Crippen LogP contribution in [0.1, 0.15) is 81.9 Å². The van der Waals surface area contributed by atoms with Gasteiger partial charge in [-0.05, 0) is 66.0 Å². The summed E-state index contributed by atoms with van der Waals surface area (Å²) < 4.78 is 0. The van der Waals surface area contributed by atoms with Crippen LogP contribution in [0.3, 0.4) is 0 Å². The first-order chi connectivity index (χ1) is 12.3. The monoisotopic (exact) mass is 336 g/mol. The maximum absolute atomic E-state index is 2.51. The molecular formula is C25H36. The van der Waals surface area contributed by atoms with E-state index in [-0.39, 0.29) is 0 Å². The van der Waals surface area contributed by atoms with Crippen molar-refractivity contribution in [3.05, 3.63) is 59.2 Å². The summed E-state index contributed by atoms with van der Waals surface area (Å²) in [5.74, 6) is 3.12. The molecule has 3 rings (SSSR count). The first-order valence-electron chi connectivity index (χ1n) is 10.8. The number of fused-ring (bicyclic) bond motifs is 1. The Morgan fingerprint density at radius 3 is 2.48 bits per heavy atom. The molecule has 4 atom stereocenters. The predicted octanol–water partition coefficient (Wildman–Crippen LogP) is 7.24. The summed E-state index contributed by atoms with van der Waals surface area (Å²) in [7, 11) is 0. The fraction of sp³-hybridized carbons (Fsp3) is 0.600. The quantitative estimate of drug-likeness (QED) is 0.469. The van der Waals surface area contributed by atoms with Gasteiger partial charge in [0.1, 0.15) is 0 Å². The van der Waals surface area contributed by atoms with Gasteiger partial charge < -0.3 is 0 Å². The summed E-state index contributed by atoms with van der Waals surface area (Å²) in [6.45, 7) is 6.98. The van der Waals surface area contributed by atoms with Crippen LogP contribution in [0.25, 0.3) is 0 Å². The van der Waals surface area contributed by atoms with Crippen LogP contribution in [0.2, 0.25) is 0 Å². The van der Waals surface area contributed by atoms with Crippen molar-refractivity contribution in [2.24, 2.45) is 17.8 Å². The Hall–Kier alpha value is -1.30. The Morgan fingerprint density at radius 2 is 1.72 bits per heavy atom. The fourth-order valence-corrected chi connectivity index (χ4v) is 5.35. The molecule has 2 aliphatic carbocycles. The summed E-state index contributed by atoms with van der Waals surface area (Å²) in [4.78, 5) is 0. The first kappa shape index (κ1) is 18.5. The Labute approximate surface area is 155 Å². The van der Waals surface area contributed by atoms with E-state index in [0.29, 0.717) is 0 Å². The minimum Gasteiger partial charge on any atom is -0.0808 e. The van der Waals surface area contributed by atoms with Gasteiger partial charge in [0.25, 0.3) is 0 Å². The zero-order chi connectivity index (χ0) is 17.6. The molecule has 0 spiro atoms. The van der Waals surface area contributed by atoms with Crippen molar-refractivity contribution >= 4 is 0 Å². The maximum Gasteiger partial charge on any atom is -0.0119 e. The molecular weight excluding hydrogens is 300 g/mol. The van der Waals surface area contributed by atoms with Gasteiger partial charge in [-0.15, -0.1) is 0 Å². The van der Waals surface area contributed by atoms with E-state index in [1.807, 2.05) is 0 Å². The Balaban J connectivity index is 1.96. The molecule has 1 aromatic carbocycles. The van der Waals surface area contributed by atoms with Gasteiger partial charge in [-0.25, -0.2) is 0 Å². The van der Waals surface area contributed by atoms with Crippen molar-refractivity contribution in [2.75, 3.05) is 0 Å². The lowest BCUT2D eigenvalue weighted by Crippen LogP contribution is -2.17. The fourth-order valence-electron chi connectivity index (χ4n) is 5.35. The molecule has 0 amide bonds. The summed E-state index contributed by atoms with van der Waals surface area (Å²) in [5, 5.41) is 0. The first-order valence-corrected chi connectivity index (χ1v) is 10.8. The van der Waals surface area contributed by atoms with E-state index in [1.54, 1.807) is 16.7 Å². The Bertz CT molecular complexity index is 606. The van der Waals surface area contributed by atoms with Crippen molar-refractivity contribution in [1.29, 1.82) is 0 Å². The van der Waals surface area contributed by atoms with Crippen LogP contribution < -0.4 is 0 Å². The Morgan fingerprint density at radius 1 is 0.920 bits per heavy atom. The number of allylic oxidation sites excluding steroid dienone is 4. The van der Waals surface area contributed by atoms with Gasteiger partial charge >= 0.3 is 0 Å². The molecule has 0 N–H and O–H groups in total. The summed E-state index contributed by atoms with van der Waals surface area (Å²) >= 11 is 0. The second kappa shape index (κ2) is 8.88. The second-order valence-electron chi connectivity index (χ2n) is 8.14. The van der Waals surface area contributed by atoms with Crippen LogP contribution in [0.15, 0.2) is 42.5 Å². The molecule has 2 aliphatic rings. The van der Waals surface area contributed by atoms with E-state index < -0.39 is 0 Å². The zero-order valence-corrected chi connectivity index (χ0v) is 16.5. The van der Waals surface area contributed by atoms with Crippen molar-refractivity contribution < 1.29 is 0 Å². The van der Waals surface area contributed by atoms with Crippen molar-refractivity contribution in [3.8, 4) is 0 Å². The molecule has 136 valence electrons. The number of unbranched alkanes of at least 4 members (excludes halogenated alkanes) is 1. The highest BCUT2D eigenvalue weighted by Gasteiger charge is 2.42. The molecule has 1 saturated carbocycles. The third kappa shape index (κ3) is 3.94. The van der Waals surface area contributed by atoms with Crippen molar-refractivity contribution in [3.63, 3.8) is 0 Å². The maximum atomic E-state index is 2.51. The van der Waals surface area contributed by atoms with Gasteiger partial charge in [0.2, 0.25) is 0 Å².